The number of nitrogens with one attached hydrogen (secondary N) is 2. The van der Waals surface area contributed by atoms with E-state index in [4.69, 9.17) is 0 Å². The second-order valence-electron chi connectivity index (χ2n) is 8.38. The summed E-state index contributed by atoms with van der Waals surface area (Å²) in [5.74, 6) is -0.0887. The molecule has 34 heavy (non-hydrogen) atoms. The van der Waals surface area contributed by atoms with Gasteiger partial charge in [0.15, 0.2) is 11.5 Å². The van der Waals surface area contributed by atoms with Crippen LogP contribution in [0.1, 0.15) is 18.4 Å². The summed E-state index contributed by atoms with van der Waals surface area (Å²) in [5.41, 5.74) is 0.799. The molecule has 2 N–H and O–H groups in total. The molecule has 9 heteroatoms. The van der Waals surface area contributed by atoms with E-state index in [0.29, 0.717) is 35.5 Å². The van der Waals surface area contributed by atoms with Crippen molar-refractivity contribution in [3.63, 3.8) is 0 Å². The first-order valence-electron chi connectivity index (χ1n) is 10.6. The third kappa shape index (κ3) is 3.37. The van der Waals surface area contributed by atoms with Crippen LogP contribution < -0.4 is 20.3 Å². The van der Waals surface area contributed by atoms with Gasteiger partial charge in [-0.1, -0.05) is 30.3 Å². The van der Waals surface area contributed by atoms with E-state index < -0.39 is 11.7 Å². The molecule has 1 fully saturated rings. The molecule has 170 valence electrons. The third-order valence-corrected chi connectivity index (χ3v) is 6.18. The normalized spacial score (nSPS) is 16.9. The molecule has 0 bridgehead atoms. The van der Waals surface area contributed by atoms with Gasteiger partial charge >= 0.3 is 6.29 Å². The van der Waals surface area contributed by atoms with Crippen LogP contribution in [0, 0.1) is 0 Å². The van der Waals surface area contributed by atoms with Crippen molar-refractivity contribution < 1.29 is 23.0 Å². The Morgan fingerprint density at radius 3 is 2.56 bits per heavy atom. The van der Waals surface area contributed by atoms with E-state index in [2.05, 4.69) is 24.8 Å². The van der Waals surface area contributed by atoms with E-state index in [1.54, 1.807) is 24.4 Å². The number of aromatic nitrogens is 2. The molecule has 0 spiro atoms. The number of fused-ring (bicyclic) bond motifs is 2. The van der Waals surface area contributed by atoms with Gasteiger partial charge in [-0.25, -0.2) is 4.98 Å². The number of halogens is 2. The number of alkyl halides is 2. The smallest absolute Gasteiger partial charge is 0.395 e. The van der Waals surface area contributed by atoms with Crippen LogP contribution in [-0.2, 0) is 10.2 Å². The molecule has 2 aromatic carbocycles. The minimum absolute atomic E-state index is 0.0632. The summed E-state index contributed by atoms with van der Waals surface area (Å²) in [5, 5.41) is 4.63. The number of benzene rings is 2. The number of carbonyl (C=O) groups excluding carboxylic acids is 1. The van der Waals surface area contributed by atoms with Crippen LogP contribution in [0.3, 0.4) is 0 Å². The number of rotatable bonds is 4. The maximum Gasteiger partial charge on any atom is 0.586 e. The Kier molecular flexibility index (Phi) is 4.26. The van der Waals surface area contributed by atoms with Gasteiger partial charge in [0.2, 0.25) is 11.5 Å². The van der Waals surface area contributed by atoms with Crippen molar-refractivity contribution in [2.24, 2.45) is 0 Å². The highest BCUT2D eigenvalue weighted by molar-refractivity contribution is 6.03. The highest BCUT2D eigenvalue weighted by Crippen LogP contribution is 2.52. The molecule has 1 amide bonds. The molecule has 0 radical (unpaired) electrons. The number of nitrogens with zero attached hydrogens (tertiary/aromatic N) is 1. The Morgan fingerprint density at radius 1 is 1.00 bits per heavy atom. The fraction of sp³-hybridized carbons (Fsp3) is 0.160. The maximum absolute atomic E-state index is 13.4. The molecular weight excluding hydrogens is 444 g/mol. The highest BCUT2D eigenvalue weighted by atomic mass is 19.3. The number of ether oxygens (including phenoxy) is 2. The van der Waals surface area contributed by atoms with E-state index in [-0.39, 0.29) is 23.0 Å². The van der Waals surface area contributed by atoms with Crippen molar-refractivity contribution >= 4 is 22.5 Å². The molecule has 1 aliphatic heterocycles. The van der Waals surface area contributed by atoms with E-state index in [1.807, 2.05) is 24.3 Å². The van der Waals surface area contributed by atoms with Crippen LogP contribution in [0.25, 0.3) is 22.0 Å². The van der Waals surface area contributed by atoms with Gasteiger partial charge in [-0.3, -0.25) is 9.59 Å². The summed E-state index contributed by atoms with van der Waals surface area (Å²) in [7, 11) is 0. The van der Waals surface area contributed by atoms with Crippen LogP contribution in [0.15, 0.2) is 71.7 Å². The first kappa shape index (κ1) is 20.3. The van der Waals surface area contributed by atoms with Crippen LogP contribution >= 0.6 is 0 Å². The summed E-state index contributed by atoms with van der Waals surface area (Å²) in [6.07, 6.45) is -1.01. The number of H-pyrrole nitrogens is 1. The predicted molar refractivity (Wildman–Crippen MR) is 120 cm³/mol. The summed E-state index contributed by atoms with van der Waals surface area (Å²) < 4.78 is 35.8. The topological polar surface area (TPSA) is 93.3 Å². The van der Waals surface area contributed by atoms with Gasteiger partial charge in [-0.15, -0.1) is 8.78 Å². The van der Waals surface area contributed by atoms with E-state index in [1.165, 1.54) is 18.2 Å². The SMILES string of the molecule is O=C(Nc1cc2ccccc2c(-c2ccc(=O)[nH]c2)n1)C1(c2ccc3c(c2)OC(F)(F)O3)CC1. The lowest BCUT2D eigenvalue weighted by Gasteiger charge is -2.17. The first-order valence-corrected chi connectivity index (χ1v) is 10.6. The first-order chi connectivity index (χ1) is 16.3. The van der Waals surface area contributed by atoms with E-state index in [9.17, 15) is 18.4 Å². The van der Waals surface area contributed by atoms with E-state index >= 15 is 0 Å². The molecule has 4 aromatic rings. The number of hydrogen-bond acceptors (Lipinski definition) is 5. The van der Waals surface area contributed by atoms with Crippen molar-refractivity contribution in [3.8, 4) is 22.8 Å². The molecule has 2 aliphatic rings. The number of aromatic amines is 1. The fourth-order valence-corrected chi connectivity index (χ4v) is 4.30. The monoisotopic (exact) mass is 461 g/mol. The number of pyridine rings is 2. The van der Waals surface area contributed by atoms with Gasteiger partial charge in [0.05, 0.1) is 11.1 Å². The zero-order chi connectivity index (χ0) is 23.5. The average Bonchev–Trinajstić information content (AvgIpc) is 3.56. The van der Waals surface area contributed by atoms with E-state index in [0.717, 1.165) is 10.8 Å². The van der Waals surface area contributed by atoms with Crippen molar-refractivity contribution in [2.45, 2.75) is 24.6 Å². The number of hydrogen-bond donors (Lipinski definition) is 2. The van der Waals surface area contributed by atoms with Crippen molar-refractivity contribution in [1.82, 2.24) is 9.97 Å². The standard InChI is InChI=1S/C25H17F2N3O4/c26-25(27)33-18-7-6-16(12-19(18)34-25)24(9-10-24)23(32)30-20-11-14-3-1-2-4-17(14)22(29-20)15-5-8-21(31)28-13-15/h1-8,11-13H,9-10H2,(H,28,31)(H,29,30,32). The molecule has 7 nitrogen and oxygen atoms in total. The largest absolute Gasteiger partial charge is 0.586 e. The Bertz CT molecular complexity index is 1510. The number of amides is 1. The van der Waals surface area contributed by atoms with Crippen molar-refractivity contribution in [3.05, 3.63) is 82.8 Å². The molecule has 0 saturated heterocycles. The van der Waals surface area contributed by atoms with Crippen LogP contribution in [0.4, 0.5) is 14.6 Å². The summed E-state index contributed by atoms with van der Waals surface area (Å²) in [6.45, 7) is 0. The van der Waals surface area contributed by atoms with Gasteiger partial charge in [-0.2, -0.15) is 0 Å². The third-order valence-electron chi connectivity index (χ3n) is 6.18. The summed E-state index contributed by atoms with van der Waals surface area (Å²) in [4.78, 5) is 32.1. The summed E-state index contributed by atoms with van der Waals surface area (Å²) >= 11 is 0. The predicted octanol–water partition coefficient (Wildman–Crippen LogP) is 4.58. The maximum atomic E-state index is 13.4. The Labute approximate surface area is 191 Å². The van der Waals surface area contributed by atoms with Crippen molar-refractivity contribution in [1.29, 1.82) is 0 Å². The quantitative estimate of drug-likeness (QED) is 0.464. The molecular formula is C25H17F2N3O4. The highest BCUT2D eigenvalue weighted by Gasteiger charge is 2.53. The van der Waals surface area contributed by atoms with Crippen LogP contribution in [0.5, 0.6) is 11.5 Å². The Balaban J connectivity index is 1.34. The molecule has 3 heterocycles. The number of anilines is 1. The average molecular weight is 461 g/mol. The lowest BCUT2D eigenvalue weighted by Crippen LogP contribution is -2.28. The Morgan fingerprint density at radius 2 is 1.79 bits per heavy atom. The molecule has 0 unspecified atom stereocenters. The summed E-state index contributed by atoms with van der Waals surface area (Å²) in [6, 6.07) is 16.9. The minimum atomic E-state index is -3.72. The molecule has 2 aromatic heterocycles. The second-order valence-corrected chi connectivity index (χ2v) is 8.38. The van der Waals surface area contributed by atoms with Gasteiger partial charge < -0.3 is 19.8 Å². The Hall–Kier alpha value is -4.27. The van der Waals surface area contributed by atoms with Gasteiger partial charge in [0, 0.05) is 23.2 Å². The second kappa shape index (κ2) is 7.11. The lowest BCUT2D eigenvalue weighted by molar-refractivity contribution is -0.286. The lowest BCUT2D eigenvalue weighted by atomic mass is 9.94. The van der Waals surface area contributed by atoms with Gasteiger partial charge in [0.1, 0.15) is 5.82 Å². The molecule has 0 atom stereocenters. The number of carbonyl (C=O) groups is 1. The molecule has 6 rings (SSSR count). The zero-order valence-corrected chi connectivity index (χ0v) is 17.6. The van der Waals surface area contributed by atoms with Gasteiger partial charge in [0.25, 0.3) is 0 Å². The molecule has 1 aliphatic carbocycles. The molecule has 1 saturated carbocycles. The van der Waals surface area contributed by atoms with Crippen LogP contribution in [-0.4, -0.2) is 22.2 Å². The van der Waals surface area contributed by atoms with Crippen molar-refractivity contribution in [2.75, 3.05) is 5.32 Å². The fourth-order valence-electron chi connectivity index (χ4n) is 4.30. The zero-order valence-electron chi connectivity index (χ0n) is 17.6. The van der Waals surface area contributed by atoms with Crippen LogP contribution in [0.2, 0.25) is 0 Å². The minimum Gasteiger partial charge on any atom is -0.395 e. The van der Waals surface area contributed by atoms with Gasteiger partial charge in [-0.05, 0) is 48.1 Å².